The van der Waals surface area contributed by atoms with E-state index < -0.39 is 0 Å². The highest BCUT2D eigenvalue weighted by Crippen LogP contribution is 2.25. The topological polar surface area (TPSA) is 56.7 Å². The van der Waals surface area contributed by atoms with Gasteiger partial charge in [-0.05, 0) is 19.9 Å². The van der Waals surface area contributed by atoms with E-state index in [1.807, 2.05) is 24.6 Å². The van der Waals surface area contributed by atoms with Crippen molar-refractivity contribution in [3.05, 3.63) is 39.3 Å². The molecule has 2 aromatic rings. The Morgan fingerprint density at radius 1 is 1.39 bits per heavy atom. The number of nitrogens with zero attached hydrogens (tertiary/aromatic N) is 3. The van der Waals surface area contributed by atoms with Crippen molar-refractivity contribution in [2.75, 3.05) is 5.73 Å². The summed E-state index contributed by atoms with van der Waals surface area (Å²) in [5, 5.41) is 5.61. The van der Waals surface area contributed by atoms with Crippen LogP contribution in [0.4, 0.5) is 5.82 Å². The lowest BCUT2D eigenvalue weighted by Crippen LogP contribution is -2.06. The molecule has 4 nitrogen and oxygen atoms in total. The van der Waals surface area contributed by atoms with Gasteiger partial charge in [0.15, 0.2) is 0 Å². The van der Waals surface area contributed by atoms with E-state index in [-0.39, 0.29) is 0 Å². The van der Waals surface area contributed by atoms with Crippen LogP contribution in [-0.2, 0) is 13.0 Å². The highest BCUT2D eigenvalue weighted by Gasteiger charge is 2.14. The monoisotopic (exact) mass is 284 g/mol. The molecule has 0 atom stereocenters. The van der Waals surface area contributed by atoms with Gasteiger partial charge >= 0.3 is 0 Å². The average molecular weight is 285 g/mol. The van der Waals surface area contributed by atoms with Gasteiger partial charge in [0.25, 0.3) is 0 Å². The molecule has 0 aromatic carbocycles. The van der Waals surface area contributed by atoms with Crippen LogP contribution in [0.1, 0.15) is 23.9 Å². The normalized spacial score (nSPS) is 10.9. The zero-order chi connectivity index (χ0) is 13.3. The van der Waals surface area contributed by atoms with Gasteiger partial charge in [-0.1, -0.05) is 23.2 Å². The van der Waals surface area contributed by atoms with Crippen LogP contribution < -0.4 is 5.73 Å². The number of nitrogen functional groups attached to an aromatic ring is 1. The summed E-state index contributed by atoms with van der Waals surface area (Å²) < 4.78 is 1.87. The molecular weight excluding hydrogens is 271 g/mol. The molecule has 0 unspecified atom stereocenters. The Kier molecular flexibility index (Phi) is 3.78. The number of nitrogens with two attached hydrogens (primary N) is 1. The van der Waals surface area contributed by atoms with Crippen molar-refractivity contribution >= 4 is 29.0 Å². The number of hydrogen-bond acceptors (Lipinski definition) is 3. The molecule has 0 aliphatic carbocycles. The Bertz CT molecular complexity index is 578. The van der Waals surface area contributed by atoms with Gasteiger partial charge in [-0.15, -0.1) is 0 Å². The van der Waals surface area contributed by atoms with Crippen LogP contribution in [0.3, 0.4) is 0 Å². The summed E-state index contributed by atoms with van der Waals surface area (Å²) in [6.45, 7) is 4.67. The molecule has 0 aliphatic rings. The van der Waals surface area contributed by atoms with Crippen LogP contribution in [-0.4, -0.2) is 14.8 Å². The van der Waals surface area contributed by atoms with Crippen LogP contribution in [0.25, 0.3) is 0 Å². The quantitative estimate of drug-likeness (QED) is 0.942. The molecule has 0 saturated heterocycles. The Balaban J connectivity index is 2.42. The fraction of sp³-hybridized carbons (Fsp3) is 0.333. The summed E-state index contributed by atoms with van der Waals surface area (Å²) in [4.78, 5) is 4.04. The third-order valence-corrected chi connectivity index (χ3v) is 3.48. The number of aryl methyl sites for hydroxylation is 2. The van der Waals surface area contributed by atoms with Crippen molar-refractivity contribution in [1.29, 1.82) is 0 Å². The van der Waals surface area contributed by atoms with E-state index in [1.54, 1.807) is 0 Å². The fourth-order valence-corrected chi connectivity index (χ4v) is 2.23. The first-order valence-electron chi connectivity index (χ1n) is 5.64. The molecule has 0 radical (unpaired) electrons. The SMILES string of the molecule is CCn1nc(C)c(Cl)c1Cc1cc(Cl)cnc1N. The highest BCUT2D eigenvalue weighted by molar-refractivity contribution is 6.32. The summed E-state index contributed by atoms with van der Waals surface area (Å²) in [5.74, 6) is 0.469. The lowest BCUT2D eigenvalue weighted by molar-refractivity contribution is 0.625. The molecule has 0 fully saturated rings. The summed E-state index contributed by atoms with van der Waals surface area (Å²) >= 11 is 12.2. The summed E-state index contributed by atoms with van der Waals surface area (Å²) in [6.07, 6.45) is 2.11. The number of aromatic nitrogens is 3. The molecule has 18 heavy (non-hydrogen) atoms. The van der Waals surface area contributed by atoms with E-state index in [0.717, 1.165) is 23.5 Å². The van der Waals surface area contributed by atoms with Gasteiger partial charge in [0.1, 0.15) is 5.82 Å². The minimum absolute atomic E-state index is 0.469. The largest absolute Gasteiger partial charge is 0.383 e. The standard InChI is InChI=1S/C12H14Cl2N4/c1-3-18-10(11(14)7(2)17-18)5-8-4-9(13)6-16-12(8)15/h4,6H,3,5H2,1-2H3,(H2,15,16). The molecule has 0 spiro atoms. The van der Waals surface area contributed by atoms with Crippen LogP contribution >= 0.6 is 23.2 Å². The number of hydrogen-bond donors (Lipinski definition) is 1. The maximum Gasteiger partial charge on any atom is 0.127 e. The van der Waals surface area contributed by atoms with Crippen LogP contribution in [0.5, 0.6) is 0 Å². The Labute approximate surface area is 116 Å². The highest BCUT2D eigenvalue weighted by atomic mass is 35.5. The van der Waals surface area contributed by atoms with Crippen molar-refractivity contribution < 1.29 is 0 Å². The molecule has 2 rings (SSSR count). The van der Waals surface area contributed by atoms with E-state index in [0.29, 0.717) is 22.3 Å². The van der Waals surface area contributed by atoms with E-state index in [2.05, 4.69) is 10.1 Å². The average Bonchev–Trinajstić information content (AvgIpc) is 2.61. The molecule has 0 aliphatic heterocycles. The van der Waals surface area contributed by atoms with Crippen molar-refractivity contribution in [2.45, 2.75) is 26.8 Å². The predicted octanol–water partition coefficient (Wildman–Crippen LogP) is 3.09. The van der Waals surface area contributed by atoms with Gasteiger partial charge in [-0.3, -0.25) is 4.68 Å². The summed E-state index contributed by atoms with van der Waals surface area (Å²) in [6, 6.07) is 1.81. The fourth-order valence-electron chi connectivity index (χ4n) is 1.85. The predicted molar refractivity (Wildman–Crippen MR) is 74.1 cm³/mol. The Hall–Kier alpha value is -1.26. The number of halogens is 2. The molecule has 0 saturated carbocycles. The first-order valence-corrected chi connectivity index (χ1v) is 6.40. The first-order chi connectivity index (χ1) is 8.52. The molecule has 2 aromatic heterocycles. The second-order valence-corrected chi connectivity index (χ2v) is 4.85. The van der Waals surface area contributed by atoms with Crippen LogP contribution in [0, 0.1) is 6.92 Å². The van der Waals surface area contributed by atoms with Gasteiger partial charge in [0.2, 0.25) is 0 Å². The van der Waals surface area contributed by atoms with Crippen molar-refractivity contribution in [3.8, 4) is 0 Å². The number of rotatable bonds is 3. The molecule has 0 bridgehead atoms. The van der Waals surface area contributed by atoms with Gasteiger partial charge in [-0.2, -0.15) is 5.10 Å². The zero-order valence-electron chi connectivity index (χ0n) is 10.2. The lowest BCUT2D eigenvalue weighted by atomic mass is 10.1. The van der Waals surface area contributed by atoms with Crippen molar-refractivity contribution in [3.63, 3.8) is 0 Å². The maximum absolute atomic E-state index is 6.26. The molecular formula is C12H14Cl2N4. The van der Waals surface area contributed by atoms with Gasteiger partial charge in [-0.25, -0.2) is 4.98 Å². The number of pyridine rings is 1. The Morgan fingerprint density at radius 3 is 2.78 bits per heavy atom. The molecule has 2 N–H and O–H groups in total. The minimum atomic E-state index is 0.469. The van der Waals surface area contributed by atoms with Crippen molar-refractivity contribution in [1.82, 2.24) is 14.8 Å². The second kappa shape index (κ2) is 5.16. The zero-order valence-corrected chi connectivity index (χ0v) is 11.8. The minimum Gasteiger partial charge on any atom is -0.383 e. The molecule has 96 valence electrons. The molecule has 2 heterocycles. The maximum atomic E-state index is 6.26. The Morgan fingerprint density at radius 2 is 2.11 bits per heavy atom. The molecule has 0 amide bonds. The first kappa shape index (κ1) is 13.2. The van der Waals surface area contributed by atoms with Crippen molar-refractivity contribution in [2.24, 2.45) is 0 Å². The van der Waals surface area contributed by atoms with E-state index in [4.69, 9.17) is 28.9 Å². The van der Waals surface area contributed by atoms with Crippen LogP contribution in [0.2, 0.25) is 10.0 Å². The second-order valence-electron chi connectivity index (χ2n) is 4.04. The van der Waals surface area contributed by atoms with E-state index in [9.17, 15) is 0 Å². The third-order valence-electron chi connectivity index (χ3n) is 2.78. The van der Waals surface area contributed by atoms with E-state index in [1.165, 1.54) is 6.20 Å². The third kappa shape index (κ3) is 2.44. The lowest BCUT2D eigenvalue weighted by Gasteiger charge is -2.08. The van der Waals surface area contributed by atoms with E-state index >= 15 is 0 Å². The van der Waals surface area contributed by atoms with Crippen LogP contribution in [0.15, 0.2) is 12.3 Å². The summed E-state index contributed by atoms with van der Waals surface area (Å²) in [5.41, 5.74) is 8.46. The summed E-state index contributed by atoms with van der Waals surface area (Å²) in [7, 11) is 0. The van der Waals surface area contributed by atoms with Gasteiger partial charge in [0.05, 0.1) is 21.4 Å². The number of anilines is 1. The van der Waals surface area contributed by atoms with Gasteiger partial charge in [0, 0.05) is 24.7 Å². The molecule has 6 heteroatoms. The van der Waals surface area contributed by atoms with Gasteiger partial charge < -0.3 is 5.73 Å². The smallest absolute Gasteiger partial charge is 0.127 e.